The molecule has 2 N–H and O–H groups in total. The van der Waals surface area contributed by atoms with Gasteiger partial charge in [0.15, 0.2) is 0 Å². The number of sulfonamides is 1. The molecule has 0 unspecified atom stereocenters. The van der Waals surface area contributed by atoms with Gasteiger partial charge in [-0.1, -0.05) is 43.7 Å². The molecule has 1 heterocycles. The number of benzene rings is 2. The number of halogens is 1. The molecule has 1 amide bonds. The Hall–Kier alpha value is -2.49. The van der Waals surface area contributed by atoms with Crippen molar-refractivity contribution in [2.45, 2.75) is 69.6 Å². The van der Waals surface area contributed by atoms with E-state index < -0.39 is 39.7 Å². The molecule has 0 aliphatic carbocycles. The number of nitrogens with zero attached hydrogens (tertiary/aromatic N) is 1. The van der Waals surface area contributed by atoms with Crippen molar-refractivity contribution in [2.75, 3.05) is 13.1 Å². The van der Waals surface area contributed by atoms with Crippen molar-refractivity contribution in [3.05, 3.63) is 65.5 Å². The van der Waals surface area contributed by atoms with E-state index in [0.717, 1.165) is 11.6 Å². The second-order valence-corrected chi connectivity index (χ2v) is 12.0. The summed E-state index contributed by atoms with van der Waals surface area (Å²) in [6.07, 6.45) is -0.491. The number of aliphatic hydroxyl groups is 1. The number of alkyl carbamates (subject to hydrolysis) is 1. The lowest BCUT2D eigenvalue weighted by molar-refractivity contribution is 0.0399. The summed E-state index contributed by atoms with van der Waals surface area (Å²) >= 11 is 0. The Bertz CT molecular complexity index is 1120. The fourth-order valence-electron chi connectivity index (χ4n) is 4.25. The average molecular weight is 507 g/mol. The number of hydrogen-bond donors (Lipinski definition) is 2. The molecule has 1 aliphatic heterocycles. The van der Waals surface area contributed by atoms with Gasteiger partial charge in [-0.15, -0.1) is 0 Å². The maximum absolute atomic E-state index is 13.9. The molecule has 0 radical (unpaired) electrons. The molecular formula is C26H35FN2O5S. The molecule has 2 aromatic carbocycles. The minimum atomic E-state index is -3.98. The van der Waals surface area contributed by atoms with Crippen LogP contribution >= 0.6 is 0 Å². The summed E-state index contributed by atoms with van der Waals surface area (Å²) < 4.78 is 47.5. The predicted octanol–water partition coefficient (Wildman–Crippen LogP) is 3.90. The van der Waals surface area contributed by atoms with Crippen LogP contribution in [0.2, 0.25) is 0 Å². The molecule has 0 saturated carbocycles. The number of ether oxygens (including phenoxy) is 1. The minimum Gasteiger partial charge on any atom is -0.444 e. The van der Waals surface area contributed by atoms with Gasteiger partial charge in [-0.05, 0) is 68.9 Å². The Morgan fingerprint density at radius 1 is 1.23 bits per heavy atom. The monoisotopic (exact) mass is 506 g/mol. The predicted molar refractivity (Wildman–Crippen MR) is 132 cm³/mol. The van der Waals surface area contributed by atoms with Crippen LogP contribution < -0.4 is 5.32 Å². The van der Waals surface area contributed by atoms with Crippen LogP contribution in [0.5, 0.6) is 0 Å². The van der Waals surface area contributed by atoms with Crippen molar-refractivity contribution in [1.82, 2.24) is 9.62 Å². The van der Waals surface area contributed by atoms with E-state index in [0.29, 0.717) is 18.4 Å². The van der Waals surface area contributed by atoms with Crippen LogP contribution in [-0.2, 0) is 27.6 Å². The number of carbonyl (C=O) groups excluding carboxylic acids is 1. The fourth-order valence-corrected chi connectivity index (χ4v) is 6.00. The highest BCUT2D eigenvalue weighted by Gasteiger charge is 2.36. The topological polar surface area (TPSA) is 95.9 Å². The molecule has 0 bridgehead atoms. The van der Waals surface area contributed by atoms with Gasteiger partial charge in [-0.2, -0.15) is 4.31 Å². The number of rotatable bonds is 7. The zero-order valence-corrected chi connectivity index (χ0v) is 21.5. The SMILES string of the molecule is CC[C@H]1Cc2cc(F)ccc2S(=O)(=O)N(C[C@@H](O)[C@H](Cc2ccccc2)NC(=O)OC(C)(C)C)C1. The summed E-state index contributed by atoms with van der Waals surface area (Å²) in [5.74, 6) is -0.516. The van der Waals surface area contributed by atoms with Gasteiger partial charge in [0, 0.05) is 13.1 Å². The van der Waals surface area contributed by atoms with Crippen molar-refractivity contribution in [3.8, 4) is 0 Å². The molecule has 7 nitrogen and oxygen atoms in total. The molecule has 35 heavy (non-hydrogen) atoms. The number of aliphatic hydroxyl groups excluding tert-OH is 1. The fraction of sp³-hybridized carbons (Fsp3) is 0.500. The Labute approximate surface area is 207 Å². The van der Waals surface area contributed by atoms with Crippen LogP contribution in [0.15, 0.2) is 53.4 Å². The van der Waals surface area contributed by atoms with Crippen molar-refractivity contribution < 1.29 is 27.4 Å². The zero-order valence-electron chi connectivity index (χ0n) is 20.7. The third kappa shape index (κ3) is 7.25. The Kier molecular flexibility index (Phi) is 8.56. The number of amides is 1. The first-order chi connectivity index (χ1) is 16.4. The van der Waals surface area contributed by atoms with Crippen molar-refractivity contribution in [1.29, 1.82) is 0 Å². The highest BCUT2D eigenvalue weighted by Crippen LogP contribution is 2.30. The molecule has 0 aromatic heterocycles. The highest BCUT2D eigenvalue weighted by molar-refractivity contribution is 7.89. The Morgan fingerprint density at radius 3 is 2.54 bits per heavy atom. The lowest BCUT2D eigenvalue weighted by atomic mass is 9.96. The third-order valence-electron chi connectivity index (χ3n) is 6.04. The lowest BCUT2D eigenvalue weighted by Crippen LogP contribution is -2.51. The molecule has 2 aromatic rings. The average Bonchev–Trinajstić information content (AvgIpc) is 2.86. The van der Waals surface area contributed by atoms with Crippen LogP contribution in [0.3, 0.4) is 0 Å². The van der Waals surface area contributed by atoms with Gasteiger partial charge in [0.2, 0.25) is 10.0 Å². The lowest BCUT2D eigenvalue weighted by Gasteiger charge is -2.31. The smallest absolute Gasteiger partial charge is 0.407 e. The van der Waals surface area contributed by atoms with Crippen LogP contribution in [0, 0.1) is 11.7 Å². The molecule has 0 fully saturated rings. The summed E-state index contributed by atoms with van der Waals surface area (Å²) in [5.41, 5.74) is 0.591. The summed E-state index contributed by atoms with van der Waals surface area (Å²) in [6.45, 7) is 7.15. The number of fused-ring (bicyclic) bond motifs is 1. The minimum absolute atomic E-state index is 0.0357. The maximum Gasteiger partial charge on any atom is 0.407 e. The van der Waals surface area contributed by atoms with Crippen LogP contribution in [-0.4, -0.2) is 54.8 Å². The van der Waals surface area contributed by atoms with E-state index in [4.69, 9.17) is 4.74 Å². The van der Waals surface area contributed by atoms with Gasteiger partial charge >= 0.3 is 6.09 Å². The van der Waals surface area contributed by atoms with E-state index in [-0.39, 0.29) is 30.3 Å². The second kappa shape index (κ2) is 11.1. The number of hydrogen-bond acceptors (Lipinski definition) is 5. The van der Waals surface area contributed by atoms with Gasteiger partial charge in [0.25, 0.3) is 0 Å². The third-order valence-corrected chi connectivity index (χ3v) is 7.98. The second-order valence-electron chi connectivity index (χ2n) is 10.1. The molecule has 3 rings (SSSR count). The van der Waals surface area contributed by atoms with Crippen molar-refractivity contribution in [3.63, 3.8) is 0 Å². The van der Waals surface area contributed by atoms with Crippen molar-refractivity contribution >= 4 is 16.1 Å². The largest absolute Gasteiger partial charge is 0.444 e. The van der Waals surface area contributed by atoms with Crippen LogP contribution in [0.1, 0.15) is 45.2 Å². The molecule has 9 heteroatoms. The summed E-state index contributed by atoms with van der Waals surface area (Å²) in [7, 11) is -3.98. The first kappa shape index (κ1) is 27.1. The standard InChI is InChI=1S/C26H35FN2O5S/c1-5-18-13-20-15-21(27)11-12-24(20)35(32,33)29(16-18)17-23(30)22(14-19-9-7-6-8-10-19)28-25(31)34-26(2,3)4/h6-12,15,18,22-23,30H,5,13-14,16-17H2,1-4H3,(H,28,31)/t18-,22-,23+/m0/s1. The van der Waals surface area contributed by atoms with E-state index in [1.54, 1.807) is 20.8 Å². The molecule has 3 atom stereocenters. The van der Waals surface area contributed by atoms with Gasteiger partial charge in [-0.25, -0.2) is 17.6 Å². The zero-order chi connectivity index (χ0) is 25.8. The van der Waals surface area contributed by atoms with Gasteiger partial charge < -0.3 is 15.2 Å². The van der Waals surface area contributed by atoms with Gasteiger partial charge in [0.05, 0.1) is 17.0 Å². The van der Waals surface area contributed by atoms with Crippen LogP contribution in [0.25, 0.3) is 0 Å². The first-order valence-corrected chi connectivity index (χ1v) is 13.3. The molecule has 0 spiro atoms. The first-order valence-electron chi connectivity index (χ1n) is 11.9. The maximum atomic E-state index is 13.9. The van der Waals surface area contributed by atoms with E-state index >= 15 is 0 Å². The summed E-state index contributed by atoms with van der Waals surface area (Å²) in [4.78, 5) is 12.6. The Morgan fingerprint density at radius 2 is 1.91 bits per heavy atom. The number of nitrogens with one attached hydrogen (secondary N) is 1. The molecule has 192 valence electrons. The van der Waals surface area contributed by atoms with Crippen LogP contribution in [0.4, 0.5) is 9.18 Å². The summed E-state index contributed by atoms with van der Waals surface area (Å²) in [5, 5.41) is 13.9. The van der Waals surface area contributed by atoms with Crippen molar-refractivity contribution in [2.24, 2.45) is 5.92 Å². The number of carbonyl (C=O) groups is 1. The van der Waals surface area contributed by atoms with E-state index in [1.807, 2.05) is 37.3 Å². The van der Waals surface area contributed by atoms with Gasteiger partial charge in [0.1, 0.15) is 11.4 Å². The van der Waals surface area contributed by atoms with E-state index in [1.165, 1.54) is 16.4 Å². The number of β-amino-alcohol motifs (C(OH)–C–C–N with tert-alkyl or cyclic N) is 1. The van der Waals surface area contributed by atoms with E-state index in [2.05, 4.69) is 5.32 Å². The molecule has 0 saturated heterocycles. The molecular weight excluding hydrogens is 471 g/mol. The normalized spacial score (nSPS) is 19.8. The quantitative estimate of drug-likeness (QED) is 0.594. The highest BCUT2D eigenvalue weighted by atomic mass is 32.2. The summed E-state index contributed by atoms with van der Waals surface area (Å²) in [6, 6.07) is 12.2. The molecule has 1 aliphatic rings. The van der Waals surface area contributed by atoms with Gasteiger partial charge in [-0.3, -0.25) is 0 Å². The Balaban J connectivity index is 1.88. The van der Waals surface area contributed by atoms with E-state index in [9.17, 15) is 22.7 Å².